The van der Waals surface area contributed by atoms with Gasteiger partial charge in [0.05, 0.1) is 25.1 Å². The Kier molecular flexibility index (Phi) is 4.85. The summed E-state index contributed by atoms with van der Waals surface area (Å²) in [5, 5.41) is 4.49. The third kappa shape index (κ3) is 3.77. The number of ether oxygens (including phenoxy) is 2. The Morgan fingerprint density at radius 3 is 2.50 bits per heavy atom. The Morgan fingerprint density at radius 2 is 1.79 bits per heavy atom. The zero-order valence-corrected chi connectivity index (χ0v) is 14.2. The van der Waals surface area contributed by atoms with E-state index >= 15 is 0 Å². The van der Waals surface area contributed by atoms with Crippen molar-refractivity contribution in [3.8, 4) is 11.5 Å². The molecule has 0 saturated heterocycles. The molecule has 0 aliphatic carbocycles. The maximum absolute atomic E-state index is 5.84. The Morgan fingerprint density at radius 1 is 1.00 bits per heavy atom. The molecule has 3 rings (SSSR count). The van der Waals surface area contributed by atoms with E-state index in [4.69, 9.17) is 9.47 Å². The summed E-state index contributed by atoms with van der Waals surface area (Å²) >= 11 is 0. The first-order chi connectivity index (χ1) is 11.7. The highest BCUT2D eigenvalue weighted by Crippen LogP contribution is 2.31. The maximum atomic E-state index is 5.84. The van der Waals surface area contributed by atoms with Crippen LogP contribution in [0.4, 0.5) is 11.4 Å². The second-order valence-corrected chi connectivity index (χ2v) is 6.02. The van der Waals surface area contributed by atoms with Crippen molar-refractivity contribution in [2.75, 3.05) is 13.7 Å². The molecule has 0 atom stereocenters. The van der Waals surface area contributed by atoms with E-state index < -0.39 is 0 Å². The van der Waals surface area contributed by atoms with Crippen molar-refractivity contribution in [2.24, 2.45) is 10.9 Å². The van der Waals surface area contributed by atoms with Gasteiger partial charge in [-0.2, -0.15) is 0 Å². The van der Waals surface area contributed by atoms with Gasteiger partial charge in [-0.15, -0.1) is 0 Å². The van der Waals surface area contributed by atoms with Gasteiger partial charge in [-0.05, 0) is 41.8 Å². The minimum atomic E-state index is 0.457. The number of benzene rings is 2. The van der Waals surface area contributed by atoms with Crippen LogP contribution in [0.2, 0.25) is 0 Å². The van der Waals surface area contributed by atoms with Crippen molar-refractivity contribution in [3.63, 3.8) is 0 Å². The molecular weight excluding hydrogens is 300 g/mol. The van der Waals surface area contributed by atoms with Crippen LogP contribution in [0.5, 0.6) is 11.5 Å². The van der Waals surface area contributed by atoms with E-state index in [1.165, 1.54) is 0 Å². The minimum Gasteiger partial charge on any atom is -0.493 e. The van der Waals surface area contributed by atoms with Gasteiger partial charge in [0.1, 0.15) is 0 Å². The maximum Gasteiger partial charge on any atom is 0.161 e. The fraction of sp³-hybridized carbons (Fsp3) is 0.250. The molecule has 0 spiro atoms. The van der Waals surface area contributed by atoms with Crippen molar-refractivity contribution in [1.29, 1.82) is 0 Å². The van der Waals surface area contributed by atoms with Crippen LogP contribution in [-0.2, 0) is 0 Å². The van der Waals surface area contributed by atoms with E-state index in [0.29, 0.717) is 18.4 Å². The van der Waals surface area contributed by atoms with Crippen LogP contribution in [0.25, 0.3) is 6.08 Å². The summed E-state index contributed by atoms with van der Waals surface area (Å²) in [4.78, 5) is 4.49. The third-order valence-corrected chi connectivity index (χ3v) is 3.54. The first-order valence-corrected chi connectivity index (χ1v) is 8.04. The van der Waals surface area contributed by atoms with Crippen molar-refractivity contribution >= 4 is 23.3 Å². The first kappa shape index (κ1) is 16.1. The lowest BCUT2D eigenvalue weighted by Gasteiger charge is -2.13. The Balaban J connectivity index is 1.75. The lowest BCUT2D eigenvalue weighted by Crippen LogP contribution is -2.05. The number of nitrogens with zero attached hydrogens (tertiary/aromatic N) is 2. The van der Waals surface area contributed by atoms with Gasteiger partial charge in [-0.25, -0.2) is 10.3 Å². The average Bonchev–Trinajstić information content (AvgIpc) is 3.01. The van der Waals surface area contributed by atoms with E-state index in [-0.39, 0.29) is 0 Å². The van der Waals surface area contributed by atoms with Gasteiger partial charge in [0, 0.05) is 0 Å². The summed E-state index contributed by atoms with van der Waals surface area (Å²) in [6.07, 6.45) is 3.89. The molecule has 0 bridgehead atoms. The summed E-state index contributed by atoms with van der Waals surface area (Å²) < 4.78 is 11.2. The van der Waals surface area contributed by atoms with Crippen LogP contribution in [-0.4, -0.2) is 19.6 Å². The predicted molar refractivity (Wildman–Crippen MR) is 97.7 cm³/mol. The SMILES string of the molecule is COc1ccc(C=CC2=Nc3ccccc3[N]2)cc1OCC(C)C. The fourth-order valence-electron chi connectivity index (χ4n) is 2.34. The zero-order valence-electron chi connectivity index (χ0n) is 14.2. The predicted octanol–water partition coefficient (Wildman–Crippen LogP) is 4.72. The fourth-order valence-corrected chi connectivity index (χ4v) is 2.34. The van der Waals surface area contributed by atoms with Crippen LogP contribution in [0.1, 0.15) is 19.4 Å². The molecule has 4 heteroatoms. The Bertz CT molecular complexity index is 779. The van der Waals surface area contributed by atoms with Gasteiger partial charge in [0.2, 0.25) is 0 Å². The molecular formula is C20H21N2O2. The van der Waals surface area contributed by atoms with E-state index in [0.717, 1.165) is 28.4 Å². The van der Waals surface area contributed by atoms with Crippen LogP contribution in [0.3, 0.4) is 0 Å². The minimum absolute atomic E-state index is 0.457. The molecule has 0 saturated carbocycles. The number of hydrogen-bond acceptors (Lipinski definition) is 3. The second kappa shape index (κ2) is 7.21. The van der Waals surface area contributed by atoms with Gasteiger partial charge in [-0.1, -0.05) is 38.1 Å². The zero-order chi connectivity index (χ0) is 16.9. The first-order valence-electron chi connectivity index (χ1n) is 8.04. The van der Waals surface area contributed by atoms with Crippen LogP contribution >= 0.6 is 0 Å². The van der Waals surface area contributed by atoms with E-state index in [9.17, 15) is 0 Å². The number of fused-ring (bicyclic) bond motifs is 1. The lowest BCUT2D eigenvalue weighted by molar-refractivity contribution is 0.257. The number of para-hydroxylation sites is 2. The summed E-state index contributed by atoms with van der Waals surface area (Å²) in [6.45, 7) is 4.89. The topological polar surface area (TPSA) is 44.9 Å². The van der Waals surface area contributed by atoms with E-state index in [1.54, 1.807) is 7.11 Å². The number of rotatable bonds is 6. The highest BCUT2D eigenvalue weighted by atomic mass is 16.5. The molecule has 0 fully saturated rings. The van der Waals surface area contributed by atoms with Gasteiger partial charge in [0.15, 0.2) is 17.3 Å². The van der Waals surface area contributed by atoms with Gasteiger partial charge in [0.25, 0.3) is 0 Å². The molecule has 0 aromatic heterocycles. The highest BCUT2D eigenvalue weighted by Gasteiger charge is 2.12. The van der Waals surface area contributed by atoms with Crippen molar-refractivity contribution in [2.45, 2.75) is 13.8 Å². The molecule has 1 radical (unpaired) electrons. The summed E-state index contributed by atoms with van der Waals surface area (Å²) in [5.41, 5.74) is 2.84. The summed E-state index contributed by atoms with van der Waals surface area (Å²) in [6, 6.07) is 13.7. The van der Waals surface area contributed by atoms with Crippen LogP contribution < -0.4 is 14.8 Å². The quantitative estimate of drug-likeness (QED) is 0.772. The Hall–Kier alpha value is -2.75. The standard InChI is InChI=1S/C20H21N2O2/c1-14(2)13-24-19-12-15(8-10-18(19)23-3)9-11-20-21-16-6-4-5-7-17(16)22-20/h4-12,14H,13H2,1-3H3. The number of amidine groups is 1. The van der Waals surface area contributed by atoms with E-state index in [2.05, 4.69) is 24.2 Å². The largest absolute Gasteiger partial charge is 0.493 e. The van der Waals surface area contributed by atoms with Crippen molar-refractivity contribution in [3.05, 3.63) is 54.1 Å². The number of hydrogen-bond donors (Lipinski definition) is 0. The molecule has 1 aliphatic rings. The second-order valence-electron chi connectivity index (χ2n) is 6.02. The van der Waals surface area contributed by atoms with Crippen LogP contribution in [0, 0.1) is 5.92 Å². The molecule has 0 N–H and O–H groups in total. The smallest absolute Gasteiger partial charge is 0.161 e. The Labute approximate surface area is 142 Å². The molecule has 4 nitrogen and oxygen atoms in total. The summed E-state index contributed by atoms with van der Waals surface area (Å²) in [5.74, 6) is 2.65. The molecule has 1 heterocycles. The third-order valence-electron chi connectivity index (χ3n) is 3.54. The van der Waals surface area contributed by atoms with Gasteiger partial charge in [-0.3, -0.25) is 0 Å². The van der Waals surface area contributed by atoms with Gasteiger partial charge >= 0.3 is 0 Å². The lowest BCUT2D eigenvalue weighted by atomic mass is 10.2. The van der Waals surface area contributed by atoms with Crippen molar-refractivity contribution in [1.82, 2.24) is 5.32 Å². The van der Waals surface area contributed by atoms with Gasteiger partial charge < -0.3 is 9.47 Å². The molecule has 2 aromatic rings. The molecule has 1 aliphatic heterocycles. The van der Waals surface area contributed by atoms with Crippen molar-refractivity contribution < 1.29 is 9.47 Å². The summed E-state index contributed by atoms with van der Waals surface area (Å²) in [7, 11) is 1.65. The highest BCUT2D eigenvalue weighted by molar-refractivity contribution is 6.05. The molecule has 2 aromatic carbocycles. The van der Waals surface area contributed by atoms with Crippen LogP contribution in [0.15, 0.2) is 53.5 Å². The molecule has 24 heavy (non-hydrogen) atoms. The molecule has 0 unspecified atom stereocenters. The normalized spacial score (nSPS) is 12.9. The average molecular weight is 321 g/mol. The number of aliphatic imine (C=N–C) groups is 1. The molecule has 123 valence electrons. The molecule has 0 amide bonds. The monoisotopic (exact) mass is 321 g/mol. The van der Waals surface area contributed by atoms with E-state index in [1.807, 2.05) is 54.6 Å². The number of methoxy groups -OCH3 is 1.